The number of carbonyl (C=O) groups is 1. The molecule has 118 valence electrons. The Kier molecular flexibility index (Phi) is 4.33. The monoisotopic (exact) mass is 321 g/mol. The molecule has 3 rings (SSSR count). The second kappa shape index (κ2) is 6.24. The summed E-state index contributed by atoms with van der Waals surface area (Å²) >= 11 is 5.98. The number of rotatable bonds is 3. The maximum absolute atomic E-state index is 11.9. The zero-order chi connectivity index (χ0) is 15.7. The third kappa shape index (κ3) is 3.24. The van der Waals surface area contributed by atoms with E-state index >= 15 is 0 Å². The molecule has 2 aromatic heterocycles. The Morgan fingerprint density at radius 1 is 1.32 bits per heavy atom. The zero-order valence-corrected chi connectivity index (χ0v) is 13.3. The first-order chi connectivity index (χ1) is 10.5. The highest BCUT2D eigenvalue weighted by Crippen LogP contribution is 2.14. The van der Waals surface area contributed by atoms with Crippen molar-refractivity contribution in [3.63, 3.8) is 0 Å². The highest BCUT2D eigenvalue weighted by Gasteiger charge is 2.23. The molecule has 0 aromatic carbocycles. The van der Waals surface area contributed by atoms with Crippen LogP contribution < -0.4 is 5.73 Å². The van der Waals surface area contributed by atoms with Crippen LogP contribution in [0.4, 0.5) is 0 Å². The Morgan fingerprint density at radius 2 is 2.05 bits per heavy atom. The second-order valence-electron chi connectivity index (χ2n) is 5.74. The van der Waals surface area contributed by atoms with Crippen molar-refractivity contribution in [3.05, 3.63) is 35.2 Å². The van der Waals surface area contributed by atoms with Gasteiger partial charge < -0.3 is 15.0 Å². The van der Waals surface area contributed by atoms with E-state index in [1.807, 2.05) is 33.8 Å². The van der Waals surface area contributed by atoms with Crippen molar-refractivity contribution in [2.45, 2.75) is 19.5 Å². The van der Waals surface area contributed by atoms with Crippen LogP contribution in [0.1, 0.15) is 12.6 Å². The summed E-state index contributed by atoms with van der Waals surface area (Å²) in [6, 6.07) is 3.33. The minimum Gasteiger partial charge on any atom is -0.339 e. The van der Waals surface area contributed by atoms with E-state index in [9.17, 15) is 4.79 Å². The second-order valence-corrected chi connectivity index (χ2v) is 6.17. The minimum atomic E-state index is -0.422. The summed E-state index contributed by atoms with van der Waals surface area (Å²) in [5.74, 6) is 0.0297. The highest BCUT2D eigenvalue weighted by atomic mass is 35.5. The van der Waals surface area contributed by atoms with Gasteiger partial charge in [0.15, 0.2) is 0 Å². The molecule has 3 heterocycles. The lowest BCUT2D eigenvalue weighted by atomic mass is 10.2. The van der Waals surface area contributed by atoms with Gasteiger partial charge in [-0.3, -0.25) is 9.69 Å². The Bertz CT molecular complexity index is 676. The molecule has 0 bridgehead atoms. The van der Waals surface area contributed by atoms with Crippen molar-refractivity contribution in [2.75, 3.05) is 26.2 Å². The third-order valence-corrected chi connectivity index (χ3v) is 4.15. The number of aromatic nitrogens is 2. The number of carbonyl (C=O) groups excluding carboxylic acids is 1. The van der Waals surface area contributed by atoms with Crippen molar-refractivity contribution in [1.82, 2.24) is 19.2 Å². The smallest absolute Gasteiger partial charge is 0.239 e. The number of nitrogens with zero attached hydrogens (tertiary/aromatic N) is 4. The van der Waals surface area contributed by atoms with E-state index in [1.165, 1.54) is 0 Å². The van der Waals surface area contributed by atoms with Gasteiger partial charge in [0.2, 0.25) is 5.91 Å². The van der Waals surface area contributed by atoms with Gasteiger partial charge in [-0.15, -0.1) is 0 Å². The molecular weight excluding hydrogens is 302 g/mol. The SMILES string of the molecule is CC(N)C(=O)N1CCN(Cc2cn3cc(Cl)ccc3n2)CC1. The van der Waals surface area contributed by atoms with Gasteiger partial charge in [-0.05, 0) is 19.1 Å². The highest BCUT2D eigenvalue weighted by molar-refractivity contribution is 6.30. The number of hydrogen-bond donors (Lipinski definition) is 1. The molecule has 22 heavy (non-hydrogen) atoms. The number of halogens is 1. The summed E-state index contributed by atoms with van der Waals surface area (Å²) in [4.78, 5) is 20.6. The number of hydrogen-bond acceptors (Lipinski definition) is 4. The van der Waals surface area contributed by atoms with E-state index in [2.05, 4.69) is 9.88 Å². The standard InChI is InChI=1S/C15H20ClN5O/c1-11(17)15(22)20-6-4-19(5-7-20)9-13-10-21-8-12(16)2-3-14(21)18-13/h2-3,8,10-11H,4-7,9,17H2,1H3. The minimum absolute atomic E-state index is 0.0297. The molecule has 0 spiro atoms. The summed E-state index contributed by atoms with van der Waals surface area (Å²) in [7, 11) is 0. The predicted octanol–water partition coefficient (Wildman–Crippen LogP) is 0.979. The molecule has 1 atom stereocenters. The molecule has 1 aliphatic rings. The Hall–Kier alpha value is -1.63. The molecule has 1 aliphatic heterocycles. The summed E-state index contributed by atoms with van der Waals surface area (Å²) in [5, 5.41) is 0.694. The van der Waals surface area contributed by atoms with Crippen LogP contribution in [0.3, 0.4) is 0 Å². The van der Waals surface area contributed by atoms with Gasteiger partial charge in [0.25, 0.3) is 0 Å². The fraction of sp³-hybridized carbons (Fsp3) is 0.467. The lowest BCUT2D eigenvalue weighted by Gasteiger charge is -2.35. The van der Waals surface area contributed by atoms with E-state index in [0.29, 0.717) is 5.02 Å². The first kappa shape index (κ1) is 15.3. The van der Waals surface area contributed by atoms with E-state index in [-0.39, 0.29) is 5.91 Å². The van der Waals surface area contributed by atoms with Gasteiger partial charge in [-0.2, -0.15) is 0 Å². The molecule has 1 amide bonds. The molecule has 2 aromatic rings. The average Bonchev–Trinajstić information content (AvgIpc) is 2.88. The molecule has 6 nitrogen and oxygen atoms in total. The Labute approximate surface area is 134 Å². The first-order valence-corrected chi connectivity index (χ1v) is 7.80. The molecule has 0 aliphatic carbocycles. The van der Waals surface area contributed by atoms with Crippen molar-refractivity contribution >= 4 is 23.2 Å². The largest absolute Gasteiger partial charge is 0.339 e. The molecule has 1 unspecified atom stereocenters. The van der Waals surface area contributed by atoms with E-state index in [1.54, 1.807) is 6.92 Å². The van der Waals surface area contributed by atoms with Crippen LogP contribution in [0.2, 0.25) is 5.02 Å². The third-order valence-electron chi connectivity index (χ3n) is 3.92. The lowest BCUT2D eigenvalue weighted by molar-refractivity contribution is -0.134. The zero-order valence-electron chi connectivity index (χ0n) is 12.6. The first-order valence-electron chi connectivity index (χ1n) is 7.43. The molecule has 2 N–H and O–H groups in total. The molecule has 0 radical (unpaired) electrons. The Morgan fingerprint density at radius 3 is 2.73 bits per heavy atom. The van der Waals surface area contributed by atoms with Crippen molar-refractivity contribution in [3.8, 4) is 0 Å². The number of imidazole rings is 1. The van der Waals surface area contributed by atoms with Crippen molar-refractivity contribution in [2.24, 2.45) is 5.73 Å². The van der Waals surface area contributed by atoms with Gasteiger partial charge in [-0.1, -0.05) is 11.6 Å². The normalized spacial score (nSPS) is 17.9. The molecule has 7 heteroatoms. The van der Waals surface area contributed by atoms with Crippen molar-refractivity contribution in [1.29, 1.82) is 0 Å². The molecule has 0 saturated carbocycles. The van der Waals surface area contributed by atoms with Crippen LogP contribution in [0.5, 0.6) is 0 Å². The summed E-state index contributed by atoms with van der Waals surface area (Å²) in [6.45, 7) is 5.63. The van der Waals surface area contributed by atoms with Crippen LogP contribution in [-0.2, 0) is 11.3 Å². The number of pyridine rings is 1. The van der Waals surface area contributed by atoms with Crippen LogP contribution in [-0.4, -0.2) is 57.3 Å². The number of piperazine rings is 1. The van der Waals surface area contributed by atoms with Gasteiger partial charge in [-0.25, -0.2) is 4.98 Å². The number of nitrogens with two attached hydrogens (primary N) is 1. The van der Waals surface area contributed by atoms with Gasteiger partial charge >= 0.3 is 0 Å². The van der Waals surface area contributed by atoms with Crippen LogP contribution in [0, 0.1) is 0 Å². The molecular formula is C15H20ClN5O. The number of amides is 1. The quantitative estimate of drug-likeness (QED) is 0.915. The van der Waals surface area contributed by atoms with E-state index < -0.39 is 6.04 Å². The molecule has 1 saturated heterocycles. The predicted molar refractivity (Wildman–Crippen MR) is 85.7 cm³/mol. The van der Waals surface area contributed by atoms with Gasteiger partial charge in [0.05, 0.1) is 16.8 Å². The van der Waals surface area contributed by atoms with Crippen LogP contribution in [0.15, 0.2) is 24.5 Å². The van der Waals surface area contributed by atoms with Crippen molar-refractivity contribution < 1.29 is 4.79 Å². The summed E-state index contributed by atoms with van der Waals surface area (Å²) < 4.78 is 1.94. The summed E-state index contributed by atoms with van der Waals surface area (Å²) in [6.07, 6.45) is 3.85. The lowest BCUT2D eigenvalue weighted by Crippen LogP contribution is -2.52. The Balaban J connectivity index is 1.61. The van der Waals surface area contributed by atoms with Crippen LogP contribution >= 0.6 is 11.6 Å². The van der Waals surface area contributed by atoms with E-state index in [4.69, 9.17) is 17.3 Å². The van der Waals surface area contributed by atoms with Gasteiger partial charge in [0.1, 0.15) is 5.65 Å². The number of fused-ring (bicyclic) bond motifs is 1. The maximum atomic E-state index is 11.9. The maximum Gasteiger partial charge on any atom is 0.239 e. The van der Waals surface area contributed by atoms with Gasteiger partial charge in [0, 0.05) is 45.1 Å². The fourth-order valence-electron chi connectivity index (χ4n) is 2.74. The average molecular weight is 322 g/mol. The fourth-order valence-corrected chi connectivity index (χ4v) is 2.90. The van der Waals surface area contributed by atoms with Crippen LogP contribution in [0.25, 0.3) is 5.65 Å². The summed E-state index contributed by atoms with van der Waals surface area (Å²) in [5.41, 5.74) is 7.55. The van der Waals surface area contributed by atoms with E-state index in [0.717, 1.165) is 44.1 Å². The molecule has 1 fully saturated rings. The topological polar surface area (TPSA) is 66.9 Å².